The number of carbonyl (C=O) groups excluding carboxylic acids is 1. The van der Waals surface area contributed by atoms with E-state index in [4.69, 9.17) is 0 Å². The molecule has 1 N–H and O–H groups in total. The summed E-state index contributed by atoms with van der Waals surface area (Å²) in [6, 6.07) is 19.0. The maximum atomic E-state index is 14.2. The zero-order valence-electron chi connectivity index (χ0n) is 16.8. The molecule has 2 amide bonds. The summed E-state index contributed by atoms with van der Waals surface area (Å²) in [6.07, 6.45) is 1.90. The topological polar surface area (TPSA) is 37.3 Å². The molecule has 1 aliphatic heterocycles. The quantitative estimate of drug-likeness (QED) is 0.412. The van der Waals surface area contributed by atoms with E-state index in [-0.39, 0.29) is 18.0 Å². The summed E-state index contributed by atoms with van der Waals surface area (Å²) >= 11 is 0. The SMILES string of the molecule is O=C(Nc1cc(F)ccc1F)N1Cc2ccccc2-n2cccc2[C@@H]1c1ccc(F)cc1. The van der Waals surface area contributed by atoms with Crippen molar-refractivity contribution in [1.82, 2.24) is 9.47 Å². The summed E-state index contributed by atoms with van der Waals surface area (Å²) in [6.45, 7) is 0.211. The van der Waals surface area contributed by atoms with Gasteiger partial charge in [-0.05, 0) is 53.6 Å². The van der Waals surface area contributed by atoms with Gasteiger partial charge in [0.25, 0.3) is 0 Å². The first-order valence-corrected chi connectivity index (χ1v) is 10.0. The van der Waals surface area contributed by atoms with Crippen molar-refractivity contribution in [2.45, 2.75) is 12.6 Å². The number of fused-ring (bicyclic) bond motifs is 3. The van der Waals surface area contributed by atoms with Gasteiger partial charge in [0, 0.05) is 18.0 Å². The van der Waals surface area contributed by atoms with Crippen LogP contribution in [0.3, 0.4) is 0 Å². The summed E-state index contributed by atoms with van der Waals surface area (Å²) in [5, 5.41) is 2.50. The van der Waals surface area contributed by atoms with Crippen molar-refractivity contribution in [3.05, 3.63) is 119 Å². The lowest BCUT2D eigenvalue weighted by atomic mass is 10.0. The third-order valence-corrected chi connectivity index (χ3v) is 5.58. The van der Waals surface area contributed by atoms with Gasteiger partial charge >= 0.3 is 6.03 Å². The van der Waals surface area contributed by atoms with Crippen LogP contribution in [0, 0.1) is 17.5 Å². The fourth-order valence-corrected chi connectivity index (χ4v) is 4.12. The lowest BCUT2D eigenvalue weighted by Gasteiger charge is -2.31. The smallest absolute Gasteiger partial charge is 0.318 e. The number of urea groups is 1. The second kappa shape index (κ2) is 7.92. The Morgan fingerprint density at radius 2 is 1.62 bits per heavy atom. The van der Waals surface area contributed by atoms with Crippen LogP contribution in [-0.2, 0) is 6.54 Å². The first-order valence-electron chi connectivity index (χ1n) is 10.0. The van der Waals surface area contributed by atoms with Gasteiger partial charge in [-0.2, -0.15) is 0 Å². The molecule has 4 nitrogen and oxygen atoms in total. The number of amides is 2. The van der Waals surface area contributed by atoms with Gasteiger partial charge in [-0.1, -0.05) is 30.3 Å². The van der Waals surface area contributed by atoms with E-state index < -0.39 is 23.7 Å². The van der Waals surface area contributed by atoms with E-state index >= 15 is 0 Å². The van der Waals surface area contributed by atoms with E-state index in [0.717, 1.165) is 35.1 Å². The van der Waals surface area contributed by atoms with Gasteiger partial charge in [0.15, 0.2) is 0 Å². The molecule has 7 heteroatoms. The zero-order chi connectivity index (χ0) is 22.2. The summed E-state index contributed by atoms with van der Waals surface area (Å²) in [4.78, 5) is 15.0. The summed E-state index contributed by atoms with van der Waals surface area (Å²) in [5.41, 5.74) is 3.02. The molecule has 32 heavy (non-hydrogen) atoms. The molecule has 0 spiro atoms. The Balaban J connectivity index is 1.63. The van der Waals surface area contributed by atoms with Gasteiger partial charge in [0.1, 0.15) is 17.5 Å². The number of nitrogens with zero attached hydrogens (tertiary/aromatic N) is 2. The minimum atomic E-state index is -0.739. The van der Waals surface area contributed by atoms with Gasteiger partial charge in [-0.15, -0.1) is 0 Å². The molecule has 0 bridgehead atoms. The van der Waals surface area contributed by atoms with E-state index in [1.807, 2.05) is 47.2 Å². The number of nitrogens with one attached hydrogen (secondary N) is 1. The van der Waals surface area contributed by atoms with Gasteiger partial charge in [0.2, 0.25) is 0 Å². The average molecular weight is 433 g/mol. The number of benzene rings is 3. The number of aromatic nitrogens is 1. The summed E-state index contributed by atoms with van der Waals surface area (Å²) in [7, 11) is 0. The van der Waals surface area contributed by atoms with E-state index in [0.29, 0.717) is 5.56 Å². The van der Waals surface area contributed by atoms with Crippen LogP contribution in [0.25, 0.3) is 5.69 Å². The van der Waals surface area contributed by atoms with Crippen molar-refractivity contribution in [2.24, 2.45) is 0 Å². The molecule has 1 aliphatic rings. The van der Waals surface area contributed by atoms with Crippen LogP contribution < -0.4 is 5.32 Å². The highest BCUT2D eigenvalue weighted by Crippen LogP contribution is 2.37. The Morgan fingerprint density at radius 1 is 0.875 bits per heavy atom. The zero-order valence-corrected chi connectivity index (χ0v) is 16.8. The monoisotopic (exact) mass is 433 g/mol. The van der Waals surface area contributed by atoms with Crippen LogP contribution in [0.2, 0.25) is 0 Å². The van der Waals surface area contributed by atoms with E-state index in [1.54, 1.807) is 12.1 Å². The van der Waals surface area contributed by atoms with Crippen LogP contribution in [-0.4, -0.2) is 15.5 Å². The standard InChI is InChI=1S/C25H18F3N3O/c26-18-9-7-16(8-10-18)24-23-6-3-13-30(23)22-5-2-1-4-17(22)15-31(24)25(32)29-21-14-19(27)11-12-20(21)28/h1-14,24H,15H2,(H,29,32)/t24-/m0/s1. The highest BCUT2D eigenvalue weighted by Gasteiger charge is 2.33. The average Bonchev–Trinajstić information content (AvgIpc) is 3.21. The lowest BCUT2D eigenvalue weighted by Crippen LogP contribution is -2.38. The first kappa shape index (κ1) is 19.9. The number of halogens is 3. The van der Waals surface area contributed by atoms with Crippen LogP contribution in [0.1, 0.15) is 22.9 Å². The lowest BCUT2D eigenvalue weighted by molar-refractivity contribution is 0.194. The Labute approximate surface area is 182 Å². The third-order valence-electron chi connectivity index (χ3n) is 5.58. The maximum absolute atomic E-state index is 14.2. The fourth-order valence-electron chi connectivity index (χ4n) is 4.12. The van der Waals surface area contributed by atoms with Gasteiger partial charge in [-0.3, -0.25) is 0 Å². The van der Waals surface area contributed by atoms with Crippen molar-refractivity contribution >= 4 is 11.7 Å². The highest BCUT2D eigenvalue weighted by atomic mass is 19.1. The number of anilines is 1. The van der Waals surface area contributed by atoms with Crippen LogP contribution >= 0.6 is 0 Å². The second-order valence-electron chi connectivity index (χ2n) is 7.57. The predicted molar refractivity (Wildman–Crippen MR) is 115 cm³/mol. The molecule has 0 saturated carbocycles. The third kappa shape index (κ3) is 3.51. The maximum Gasteiger partial charge on any atom is 0.323 e. The second-order valence-corrected chi connectivity index (χ2v) is 7.57. The molecule has 1 atom stereocenters. The summed E-state index contributed by atoms with van der Waals surface area (Å²) < 4.78 is 43.5. The Morgan fingerprint density at radius 3 is 2.44 bits per heavy atom. The minimum Gasteiger partial charge on any atom is -0.318 e. The van der Waals surface area contributed by atoms with Crippen molar-refractivity contribution in [2.75, 3.05) is 5.32 Å². The molecular weight excluding hydrogens is 415 g/mol. The van der Waals surface area contributed by atoms with E-state index in [1.165, 1.54) is 17.0 Å². The Bertz CT molecular complexity index is 1300. The Hall–Kier alpha value is -4.00. The molecule has 2 heterocycles. The van der Waals surface area contributed by atoms with Crippen LogP contribution in [0.4, 0.5) is 23.7 Å². The first-order chi connectivity index (χ1) is 15.5. The van der Waals surface area contributed by atoms with E-state index in [9.17, 15) is 18.0 Å². The molecule has 0 saturated heterocycles. The summed E-state index contributed by atoms with van der Waals surface area (Å²) in [5.74, 6) is -1.79. The molecule has 4 aromatic rings. The molecule has 3 aromatic carbocycles. The molecule has 5 rings (SSSR count). The molecule has 0 unspecified atom stereocenters. The molecule has 1 aromatic heterocycles. The normalized spacial score (nSPS) is 15.0. The predicted octanol–water partition coefficient (Wildman–Crippen LogP) is 6.03. The molecule has 160 valence electrons. The minimum absolute atomic E-state index is 0.211. The van der Waals surface area contributed by atoms with Crippen molar-refractivity contribution in [3.8, 4) is 5.69 Å². The van der Waals surface area contributed by atoms with Crippen LogP contribution in [0.5, 0.6) is 0 Å². The van der Waals surface area contributed by atoms with Crippen molar-refractivity contribution < 1.29 is 18.0 Å². The number of rotatable bonds is 2. The number of carbonyl (C=O) groups is 1. The molecule has 0 radical (unpaired) electrons. The highest BCUT2D eigenvalue weighted by molar-refractivity contribution is 5.90. The molecule has 0 aliphatic carbocycles. The Kier molecular flexibility index (Phi) is 4.93. The van der Waals surface area contributed by atoms with E-state index in [2.05, 4.69) is 5.32 Å². The number of para-hydroxylation sites is 1. The molecular formula is C25H18F3N3O. The van der Waals surface area contributed by atoms with Gasteiger partial charge in [0.05, 0.1) is 24.0 Å². The van der Waals surface area contributed by atoms with Crippen LogP contribution in [0.15, 0.2) is 85.1 Å². The van der Waals surface area contributed by atoms with Gasteiger partial charge < -0.3 is 14.8 Å². The van der Waals surface area contributed by atoms with Crippen molar-refractivity contribution in [1.29, 1.82) is 0 Å². The largest absolute Gasteiger partial charge is 0.323 e. The molecule has 0 fully saturated rings. The van der Waals surface area contributed by atoms with Gasteiger partial charge in [-0.25, -0.2) is 18.0 Å². The number of hydrogen-bond acceptors (Lipinski definition) is 1. The van der Waals surface area contributed by atoms with Crippen molar-refractivity contribution in [3.63, 3.8) is 0 Å². The fraction of sp³-hybridized carbons (Fsp3) is 0.0800. The number of hydrogen-bond donors (Lipinski definition) is 1.